The molecule has 1 atom stereocenters. The average molecular weight is 623 g/mol. The van der Waals surface area contributed by atoms with Crippen LogP contribution in [0.25, 0.3) is 0 Å². The molecule has 0 spiro atoms. The summed E-state index contributed by atoms with van der Waals surface area (Å²) in [7, 11) is -4.38. The first-order valence-corrected chi connectivity index (χ1v) is 15.2. The number of carbonyl (C=O) groups excluding carboxylic acids is 2. The van der Waals surface area contributed by atoms with Gasteiger partial charge in [-0.05, 0) is 76.1 Å². The normalized spacial score (nSPS) is 12.5. The van der Waals surface area contributed by atoms with Gasteiger partial charge in [0.05, 0.1) is 20.6 Å². The van der Waals surface area contributed by atoms with Crippen molar-refractivity contribution >= 4 is 50.7 Å². The van der Waals surface area contributed by atoms with Crippen molar-refractivity contribution in [3.63, 3.8) is 0 Å². The average Bonchev–Trinajstić information content (AvgIpc) is 2.88. The molecule has 0 radical (unpaired) electrons. The lowest BCUT2D eigenvalue weighted by atomic mass is 10.1. The minimum Gasteiger partial charge on any atom is -0.350 e. The third-order valence-electron chi connectivity index (χ3n) is 6.23. The molecule has 0 saturated heterocycles. The van der Waals surface area contributed by atoms with Gasteiger partial charge in [-0.25, -0.2) is 12.8 Å². The van der Waals surface area contributed by atoms with Crippen molar-refractivity contribution in [3.05, 3.63) is 93.7 Å². The number of nitrogens with one attached hydrogen (secondary N) is 1. The van der Waals surface area contributed by atoms with E-state index >= 15 is 4.39 Å². The van der Waals surface area contributed by atoms with Crippen LogP contribution in [0.5, 0.6) is 0 Å². The zero-order chi connectivity index (χ0) is 30.5. The molecule has 7 nitrogen and oxygen atoms in total. The molecule has 0 aliphatic carbocycles. The van der Waals surface area contributed by atoms with Crippen LogP contribution in [0, 0.1) is 12.7 Å². The Kier molecular flexibility index (Phi) is 10.4. The molecule has 0 saturated carbocycles. The van der Waals surface area contributed by atoms with Crippen LogP contribution in [-0.4, -0.2) is 43.3 Å². The Morgan fingerprint density at radius 3 is 2.17 bits per heavy atom. The number of rotatable bonds is 10. The topological polar surface area (TPSA) is 86.8 Å². The number of anilines is 1. The van der Waals surface area contributed by atoms with E-state index in [1.165, 1.54) is 35.2 Å². The zero-order valence-corrected chi connectivity index (χ0v) is 25.9. The predicted molar refractivity (Wildman–Crippen MR) is 161 cm³/mol. The number of hydrogen-bond donors (Lipinski definition) is 1. The summed E-state index contributed by atoms with van der Waals surface area (Å²) in [6, 6.07) is 15.2. The molecule has 0 heterocycles. The van der Waals surface area contributed by atoms with Gasteiger partial charge in [0.1, 0.15) is 18.4 Å². The smallest absolute Gasteiger partial charge is 0.264 e. The lowest BCUT2D eigenvalue weighted by Gasteiger charge is -2.35. The Bertz CT molecular complexity index is 1510. The summed E-state index contributed by atoms with van der Waals surface area (Å²) in [5.41, 5.74) is 0.536. The van der Waals surface area contributed by atoms with Gasteiger partial charge in [-0.15, -0.1) is 0 Å². The highest BCUT2D eigenvalue weighted by atomic mass is 35.5. The van der Waals surface area contributed by atoms with Gasteiger partial charge in [-0.2, -0.15) is 0 Å². The summed E-state index contributed by atoms with van der Waals surface area (Å²) < 4.78 is 43.5. The van der Waals surface area contributed by atoms with Gasteiger partial charge in [0.2, 0.25) is 11.8 Å². The lowest BCUT2D eigenvalue weighted by molar-refractivity contribution is -0.141. The second-order valence-corrected chi connectivity index (χ2v) is 13.4. The lowest BCUT2D eigenvalue weighted by Crippen LogP contribution is -2.55. The summed E-state index contributed by atoms with van der Waals surface area (Å²) in [5.74, 6) is -1.93. The molecule has 2 amide bonds. The third-order valence-corrected chi connectivity index (χ3v) is 8.74. The fourth-order valence-electron chi connectivity index (χ4n) is 4.21. The highest BCUT2D eigenvalue weighted by Gasteiger charge is 2.35. The SMILES string of the molecule is CC[C@H](C(=O)NC(C)(C)C)N(Cc1ccc(Cl)c(Cl)c1)C(=O)CN(c1ccccc1F)S(=O)(=O)c1ccc(C)cc1. The summed E-state index contributed by atoms with van der Waals surface area (Å²) in [6.07, 6.45) is 0.236. The van der Waals surface area contributed by atoms with Gasteiger partial charge in [0, 0.05) is 12.1 Å². The molecular weight excluding hydrogens is 588 g/mol. The minimum absolute atomic E-state index is 0.0680. The second kappa shape index (κ2) is 13.2. The first-order valence-electron chi connectivity index (χ1n) is 13.0. The molecule has 0 aliphatic heterocycles. The van der Waals surface area contributed by atoms with Crippen LogP contribution in [0.15, 0.2) is 71.6 Å². The minimum atomic E-state index is -4.38. The number of amides is 2. The first kappa shape index (κ1) is 32.4. The first-order chi connectivity index (χ1) is 19.1. The largest absolute Gasteiger partial charge is 0.350 e. The Morgan fingerprint density at radius 2 is 1.61 bits per heavy atom. The molecule has 3 aromatic carbocycles. The summed E-state index contributed by atoms with van der Waals surface area (Å²) >= 11 is 12.3. The molecule has 0 aliphatic rings. The molecule has 11 heteroatoms. The Balaban J connectivity index is 2.10. The van der Waals surface area contributed by atoms with Crippen molar-refractivity contribution in [1.82, 2.24) is 10.2 Å². The number of hydrogen-bond acceptors (Lipinski definition) is 4. The molecular formula is C30H34Cl2FN3O4S. The molecule has 220 valence electrons. The van der Waals surface area contributed by atoms with Crippen LogP contribution in [0.2, 0.25) is 10.0 Å². The van der Waals surface area contributed by atoms with Crippen molar-refractivity contribution in [2.24, 2.45) is 0 Å². The number of carbonyl (C=O) groups is 2. The van der Waals surface area contributed by atoms with Crippen molar-refractivity contribution in [2.45, 2.75) is 64.1 Å². The van der Waals surface area contributed by atoms with E-state index in [2.05, 4.69) is 5.32 Å². The standard InChI is InChI=1S/C30H34Cl2FN3O4S/c1-6-26(29(38)34-30(3,4)5)35(18-21-13-16-23(31)24(32)17-21)28(37)19-36(27-10-8-7-9-25(27)33)41(39,40)22-14-11-20(2)12-15-22/h7-17,26H,6,18-19H2,1-5H3,(H,34,38)/t26-/m1/s1. The van der Waals surface area contributed by atoms with Gasteiger partial charge in [0.15, 0.2) is 0 Å². The summed E-state index contributed by atoms with van der Waals surface area (Å²) in [5, 5.41) is 3.48. The number of halogens is 3. The van der Waals surface area contributed by atoms with Crippen molar-refractivity contribution in [2.75, 3.05) is 10.8 Å². The van der Waals surface area contributed by atoms with Crippen LogP contribution in [0.3, 0.4) is 0 Å². The van der Waals surface area contributed by atoms with E-state index in [1.54, 1.807) is 37.3 Å². The van der Waals surface area contributed by atoms with Gasteiger partial charge < -0.3 is 10.2 Å². The molecule has 41 heavy (non-hydrogen) atoms. The number of nitrogens with zero attached hydrogens (tertiary/aromatic N) is 2. The Morgan fingerprint density at radius 1 is 0.976 bits per heavy atom. The van der Waals surface area contributed by atoms with E-state index in [0.717, 1.165) is 15.9 Å². The summed E-state index contributed by atoms with van der Waals surface area (Å²) in [6.45, 7) is 8.19. The van der Waals surface area contributed by atoms with Gasteiger partial charge in [-0.1, -0.05) is 66.0 Å². The van der Waals surface area contributed by atoms with Crippen LogP contribution in [0.1, 0.15) is 45.2 Å². The third kappa shape index (κ3) is 8.21. The molecule has 0 aromatic heterocycles. The fraction of sp³-hybridized carbons (Fsp3) is 0.333. The van der Waals surface area contributed by atoms with Crippen molar-refractivity contribution < 1.29 is 22.4 Å². The van der Waals surface area contributed by atoms with Gasteiger partial charge in [0.25, 0.3) is 10.0 Å². The molecule has 0 unspecified atom stereocenters. The number of aryl methyl sites for hydroxylation is 1. The predicted octanol–water partition coefficient (Wildman–Crippen LogP) is 6.36. The Hall–Kier alpha value is -3.14. The fourth-order valence-corrected chi connectivity index (χ4v) is 5.95. The molecule has 0 fully saturated rings. The highest BCUT2D eigenvalue weighted by molar-refractivity contribution is 7.92. The van der Waals surface area contributed by atoms with E-state index in [1.807, 2.05) is 27.7 Å². The van der Waals surface area contributed by atoms with Crippen LogP contribution >= 0.6 is 23.2 Å². The van der Waals surface area contributed by atoms with E-state index < -0.39 is 45.8 Å². The maximum atomic E-state index is 15.0. The molecule has 0 bridgehead atoms. The maximum Gasteiger partial charge on any atom is 0.264 e. The molecule has 1 N–H and O–H groups in total. The number of benzene rings is 3. The van der Waals surface area contributed by atoms with Gasteiger partial charge in [-0.3, -0.25) is 13.9 Å². The molecule has 3 aromatic rings. The zero-order valence-electron chi connectivity index (χ0n) is 23.6. The highest BCUT2D eigenvalue weighted by Crippen LogP contribution is 2.28. The second-order valence-electron chi connectivity index (χ2n) is 10.7. The van der Waals surface area contributed by atoms with E-state index in [4.69, 9.17) is 23.2 Å². The van der Waals surface area contributed by atoms with Crippen LogP contribution in [-0.2, 0) is 26.2 Å². The van der Waals surface area contributed by atoms with Gasteiger partial charge >= 0.3 is 0 Å². The maximum absolute atomic E-state index is 15.0. The van der Waals surface area contributed by atoms with E-state index in [9.17, 15) is 18.0 Å². The van der Waals surface area contributed by atoms with Crippen molar-refractivity contribution in [1.29, 1.82) is 0 Å². The van der Waals surface area contributed by atoms with E-state index in [-0.39, 0.29) is 28.6 Å². The van der Waals surface area contributed by atoms with E-state index in [0.29, 0.717) is 10.6 Å². The number of para-hydroxylation sites is 1. The molecule has 3 rings (SSSR count). The van der Waals surface area contributed by atoms with Crippen molar-refractivity contribution in [3.8, 4) is 0 Å². The van der Waals surface area contributed by atoms with Crippen LogP contribution in [0.4, 0.5) is 10.1 Å². The summed E-state index contributed by atoms with van der Waals surface area (Å²) in [4.78, 5) is 28.6. The quantitative estimate of drug-likeness (QED) is 0.285. The van der Waals surface area contributed by atoms with Crippen LogP contribution < -0.4 is 9.62 Å². The Labute approximate surface area is 251 Å². The monoisotopic (exact) mass is 621 g/mol. The number of sulfonamides is 1.